The van der Waals surface area contributed by atoms with Gasteiger partial charge in [0.05, 0.1) is 5.56 Å². The summed E-state index contributed by atoms with van der Waals surface area (Å²) in [5.41, 5.74) is 0.300. The summed E-state index contributed by atoms with van der Waals surface area (Å²) in [6.07, 6.45) is 1.92. The van der Waals surface area contributed by atoms with Crippen LogP contribution in [-0.4, -0.2) is 54.2 Å². The first-order chi connectivity index (χ1) is 8.56. The van der Waals surface area contributed by atoms with Gasteiger partial charge >= 0.3 is 5.97 Å². The number of carbonyl (C=O) groups excluding carboxylic acids is 1. The number of aromatic carboxylic acids is 1. The van der Waals surface area contributed by atoms with E-state index in [0.29, 0.717) is 13.2 Å². The molecule has 0 bridgehead atoms. The molecule has 1 aromatic heterocycles. The molecule has 1 amide bonds. The van der Waals surface area contributed by atoms with E-state index in [0.717, 1.165) is 6.42 Å². The Balaban J connectivity index is 2.63. The molecule has 18 heavy (non-hydrogen) atoms. The lowest BCUT2D eigenvalue weighted by Crippen LogP contribution is -2.29. The van der Waals surface area contributed by atoms with Gasteiger partial charge in [-0.25, -0.2) is 4.79 Å². The molecule has 0 atom stereocenters. The second-order valence-corrected chi connectivity index (χ2v) is 3.81. The van der Waals surface area contributed by atoms with E-state index < -0.39 is 5.97 Å². The quantitative estimate of drug-likeness (QED) is 0.760. The van der Waals surface area contributed by atoms with Crippen LogP contribution in [0.25, 0.3) is 0 Å². The third kappa shape index (κ3) is 3.81. The fraction of sp³-hybridized carbons (Fsp3) is 0.417. The van der Waals surface area contributed by atoms with Crippen LogP contribution in [0, 0.1) is 0 Å². The predicted molar refractivity (Wildman–Crippen MR) is 64.6 cm³/mol. The Kier molecular flexibility index (Phi) is 5.26. The molecular weight excluding hydrogens is 236 g/mol. The van der Waals surface area contributed by atoms with Crippen molar-refractivity contribution in [3.8, 4) is 0 Å². The summed E-state index contributed by atoms with van der Waals surface area (Å²) in [7, 11) is 3.28. The van der Waals surface area contributed by atoms with E-state index in [4.69, 9.17) is 9.84 Å². The first kappa shape index (κ1) is 14.1. The van der Waals surface area contributed by atoms with Gasteiger partial charge in [-0.05, 0) is 18.6 Å². The summed E-state index contributed by atoms with van der Waals surface area (Å²) < 4.78 is 4.90. The Hall–Kier alpha value is -1.95. The van der Waals surface area contributed by atoms with Gasteiger partial charge in [0, 0.05) is 33.5 Å². The number of rotatable bonds is 6. The molecule has 0 unspecified atom stereocenters. The third-order valence-corrected chi connectivity index (χ3v) is 2.42. The average Bonchev–Trinajstić information content (AvgIpc) is 2.38. The Morgan fingerprint density at radius 1 is 1.44 bits per heavy atom. The average molecular weight is 252 g/mol. The summed E-state index contributed by atoms with van der Waals surface area (Å²) in [6.45, 7) is 1.15. The summed E-state index contributed by atoms with van der Waals surface area (Å²) >= 11 is 0. The monoisotopic (exact) mass is 252 g/mol. The van der Waals surface area contributed by atoms with E-state index in [-0.39, 0.29) is 17.2 Å². The second kappa shape index (κ2) is 6.70. The zero-order chi connectivity index (χ0) is 13.5. The molecule has 0 saturated heterocycles. The maximum absolute atomic E-state index is 11.9. The minimum absolute atomic E-state index is 0.0635. The van der Waals surface area contributed by atoms with E-state index >= 15 is 0 Å². The standard InChI is InChI=1S/C12H16N2O4/c1-14(6-3-7-18-2)11(15)10-5-4-9(8-13-10)12(16)17/h4-5,8H,3,6-7H2,1-2H3,(H,16,17). The molecule has 0 spiro atoms. The maximum atomic E-state index is 11.9. The lowest BCUT2D eigenvalue weighted by atomic mass is 10.2. The number of aromatic nitrogens is 1. The molecule has 0 aliphatic heterocycles. The van der Waals surface area contributed by atoms with Crippen molar-refractivity contribution in [2.45, 2.75) is 6.42 Å². The van der Waals surface area contributed by atoms with Crippen LogP contribution < -0.4 is 0 Å². The van der Waals surface area contributed by atoms with Crippen molar-refractivity contribution < 1.29 is 19.4 Å². The molecule has 1 aromatic rings. The highest BCUT2D eigenvalue weighted by atomic mass is 16.5. The van der Waals surface area contributed by atoms with Crippen molar-refractivity contribution in [1.82, 2.24) is 9.88 Å². The van der Waals surface area contributed by atoms with Gasteiger partial charge in [-0.2, -0.15) is 0 Å². The minimum Gasteiger partial charge on any atom is -0.478 e. The summed E-state index contributed by atoms with van der Waals surface area (Å²) in [5, 5.41) is 8.72. The van der Waals surface area contributed by atoms with Crippen LogP contribution in [0.15, 0.2) is 18.3 Å². The second-order valence-electron chi connectivity index (χ2n) is 3.81. The van der Waals surface area contributed by atoms with Gasteiger partial charge < -0.3 is 14.7 Å². The van der Waals surface area contributed by atoms with Crippen LogP contribution in [0.2, 0.25) is 0 Å². The van der Waals surface area contributed by atoms with Crippen LogP contribution in [0.3, 0.4) is 0 Å². The molecule has 1 N–H and O–H groups in total. The predicted octanol–water partition coefficient (Wildman–Crippen LogP) is 0.888. The largest absolute Gasteiger partial charge is 0.478 e. The highest BCUT2D eigenvalue weighted by Gasteiger charge is 2.13. The number of hydrogen-bond acceptors (Lipinski definition) is 4. The van der Waals surface area contributed by atoms with Crippen molar-refractivity contribution in [3.63, 3.8) is 0 Å². The van der Waals surface area contributed by atoms with Crippen LogP contribution in [-0.2, 0) is 4.74 Å². The SMILES string of the molecule is COCCCN(C)C(=O)c1ccc(C(=O)O)cn1. The van der Waals surface area contributed by atoms with Gasteiger partial charge in [0.2, 0.25) is 0 Å². The lowest BCUT2D eigenvalue weighted by Gasteiger charge is -2.16. The number of carbonyl (C=O) groups is 2. The number of carboxylic acids is 1. The first-order valence-corrected chi connectivity index (χ1v) is 5.50. The molecule has 0 aliphatic rings. The minimum atomic E-state index is -1.06. The lowest BCUT2D eigenvalue weighted by molar-refractivity contribution is 0.0693. The molecule has 0 radical (unpaired) electrons. The van der Waals surface area contributed by atoms with Crippen molar-refractivity contribution >= 4 is 11.9 Å². The molecule has 0 fully saturated rings. The van der Waals surface area contributed by atoms with Crippen molar-refractivity contribution in [2.75, 3.05) is 27.3 Å². The molecule has 6 heteroatoms. The molecule has 0 aromatic carbocycles. The highest BCUT2D eigenvalue weighted by Crippen LogP contribution is 2.04. The van der Waals surface area contributed by atoms with Crippen LogP contribution in [0.5, 0.6) is 0 Å². The van der Waals surface area contributed by atoms with E-state index in [2.05, 4.69) is 4.98 Å². The van der Waals surface area contributed by atoms with Crippen molar-refractivity contribution in [1.29, 1.82) is 0 Å². The number of ether oxygens (including phenoxy) is 1. The van der Waals surface area contributed by atoms with Crippen LogP contribution in [0.1, 0.15) is 27.3 Å². The van der Waals surface area contributed by atoms with Gasteiger partial charge in [-0.1, -0.05) is 0 Å². The number of hydrogen-bond donors (Lipinski definition) is 1. The van der Waals surface area contributed by atoms with Gasteiger partial charge in [-0.15, -0.1) is 0 Å². The normalized spacial score (nSPS) is 10.1. The van der Waals surface area contributed by atoms with Gasteiger partial charge in [0.25, 0.3) is 5.91 Å². The number of carboxylic acid groups (broad SMARTS) is 1. The van der Waals surface area contributed by atoms with Crippen LogP contribution in [0.4, 0.5) is 0 Å². The van der Waals surface area contributed by atoms with E-state index in [1.54, 1.807) is 14.2 Å². The third-order valence-electron chi connectivity index (χ3n) is 2.42. The highest BCUT2D eigenvalue weighted by molar-refractivity contribution is 5.93. The number of methoxy groups -OCH3 is 1. The topological polar surface area (TPSA) is 79.7 Å². The van der Waals surface area contributed by atoms with E-state index in [1.165, 1.54) is 23.2 Å². The zero-order valence-corrected chi connectivity index (χ0v) is 10.4. The summed E-state index contributed by atoms with van der Waals surface area (Å²) in [6, 6.07) is 2.78. The smallest absolute Gasteiger partial charge is 0.337 e. The Bertz CT molecular complexity index is 417. The molecule has 0 saturated carbocycles. The van der Waals surface area contributed by atoms with Crippen LogP contribution >= 0.6 is 0 Å². The summed E-state index contributed by atoms with van der Waals surface area (Å²) in [5.74, 6) is -1.29. The molecule has 6 nitrogen and oxygen atoms in total. The fourth-order valence-corrected chi connectivity index (χ4v) is 1.39. The maximum Gasteiger partial charge on any atom is 0.337 e. The Morgan fingerprint density at radius 2 is 2.17 bits per heavy atom. The number of nitrogens with zero attached hydrogens (tertiary/aromatic N) is 2. The van der Waals surface area contributed by atoms with E-state index in [1.807, 2.05) is 0 Å². The van der Waals surface area contributed by atoms with Crippen molar-refractivity contribution in [3.05, 3.63) is 29.6 Å². The van der Waals surface area contributed by atoms with E-state index in [9.17, 15) is 9.59 Å². The molecular formula is C12H16N2O4. The van der Waals surface area contributed by atoms with Gasteiger partial charge in [0.1, 0.15) is 5.69 Å². The number of amides is 1. The molecule has 0 aliphatic carbocycles. The molecule has 1 heterocycles. The molecule has 98 valence electrons. The van der Waals surface area contributed by atoms with Gasteiger partial charge in [-0.3, -0.25) is 9.78 Å². The first-order valence-electron chi connectivity index (χ1n) is 5.50. The number of pyridine rings is 1. The van der Waals surface area contributed by atoms with Crippen molar-refractivity contribution in [2.24, 2.45) is 0 Å². The molecule has 1 rings (SSSR count). The zero-order valence-electron chi connectivity index (χ0n) is 10.4. The fourth-order valence-electron chi connectivity index (χ4n) is 1.39. The van der Waals surface area contributed by atoms with Gasteiger partial charge in [0.15, 0.2) is 0 Å². The summed E-state index contributed by atoms with van der Waals surface area (Å²) in [4.78, 5) is 27.9. The Labute approximate surface area is 105 Å². The Morgan fingerprint density at radius 3 is 2.67 bits per heavy atom.